The van der Waals surface area contributed by atoms with Gasteiger partial charge < -0.3 is 15.2 Å². The average Bonchev–Trinajstić information content (AvgIpc) is 2.67. The second-order valence-electron chi connectivity index (χ2n) is 6.40. The molecular weight excluding hydrogens is 240 g/mol. The van der Waals surface area contributed by atoms with Crippen molar-refractivity contribution in [1.29, 1.82) is 0 Å². The van der Waals surface area contributed by atoms with Crippen molar-refractivity contribution in [2.45, 2.75) is 51.2 Å². The molecule has 0 aromatic carbocycles. The van der Waals surface area contributed by atoms with Crippen LogP contribution in [0, 0.1) is 0 Å². The molecule has 1 aromatic rings. The fraction of sp³-hybridized carbons (Fsp3) is 0.667. The summed E-state index contributed by atoms with van der Waals surface area (Å²) in [6, 6.07) is 4.04. The molecule has 19 heavy (non-hydrogen) atoms. The lowest BCUT2D eigenvalue weighted by molar-refractivity contribution is -0.0176. The number of pyridine rings is 1. The first-order valence-corrected chi connectivity index (χ1v) is 6.86. The van der Waals surface area contributed by atoms with Crippen LogP contribution in [0.5, 0.6) is 0 Å². The molecule has 1 aliphatic heterocycles. The summed E-state index contributed by atoms with van der Waals surface area (Å²) in [7, 11) is 0. The Kier molecular flexibility index (Phi) is 3.83. The average molecular weight is 264 g/mol. The minimum Gasteiger partial charge on any atom is -0.385 e. The first-order chi connectivity index (χ1) is 8.81. The lowest BCUT2D eigenvalue weighted by Gasteiger charge is -2.26. The molecule has 0 bridgehead atoms. The normalized spacial score (nSPS) is 27.5. The Morgan fingerprint density at radius 2 is 2.21 bits per heavy atom. The number of hydrogen-bond donors (Lipinski definition) is 2. The van der Waals surface area contributed by atoms with Crippen LogP contribution in [0.25, 0.3) is 0 Å². The van der Waals surface area contributed by atoms with Crippen LogP contribution in [-0.4, -0.2) is 34.9 Å². The van der Waals surface area contributed by atoms with E-state index in [1.165, 1.54) is 5.56 Å². The quantitative estimate of drug-likeness (QED) is 0.880. The molecule has 2 unspecified atom stereocenters. The van der Waals surface area contributed by atoms with E-state index >= 15 is 0 Å². The Morgan fingerprint density at radius 1 is 1.47 bits per heavy atom. The standard InChI is InChI=1S/C15H24N2O2/c1-11-15(18,7-8-19-11)10-17-13-6-5-12(9-16-13)14(2,3)4/h5-6,9,11,18H,7-8,10H2,1-4H3,(H,16,17). The second-order valence-corrected chi connectivity index (χ2v) is 6.40. The summed E-state index contributed by atoms with van der Waals surface area (Å²) in [4.78, 5) is 4.40. The molecule has 1 aliphatic rings. The van der Waals surface area contributed by atoms with Gasteiger partial charge in [0.05, 0.1) is 6.10 Å². The van der Waals surface area contributed by atoms with Gasteiger partial charge in [-0.25, -0.2) is 4.98 Å². The lowest BCUT2D eigenvalue weighted by Crippen LogP contribution is -2.43. The fourth-order valence-electron chi connectivity index (χ4n) is 2.19. The summed E-state index contributed by atoms with van der Waals surface area (Å²) >= 11 is 0. The van der Waals surface area contributed by atoms with Crippen molar-refractivity contribution in [3.05, 3.63) is 23.9 Å². The maximum absolute atomic E-state index is 10.4. The van der Waals surface area contributed by atoms with Crippen molar-refractivity contribution in [2.24, 2.45) is 0 Å². The minimum atomic E-state index is -0.787. The molecule has 2 atom stereocenters. The number of ether oxygens (including phenoxy) is 1. The SMILES string of the molecule is CC1OCCC1(O)CNc1ccc(C(C)(C)C)cn1. The first kappa shape index (κ1) is 14.3. The number of anilines is 1. The Labute approximate surface area is 115 Å². The van der Waals surface area contributed by atoms with Crippen molar-refractivity contribution < 1.29 is 9.84 Å². The highest BCUT2D eigenvalue weighted by atomic mass is 16.5. The minimum absolute atomic E-state index is 0.109. The summed E-state index contributed by atoms with van der Waals surface area (Å²) in [6.45, 7) is 9.49. The summed E-state index contributed by atoms with van der Waals surface area (Å²) in [5.74, 6) is 0.792. The van der Waals surface area contributed by atoms with Crippen molar-refractivity contribution in [3.8, 4) is 0 Å². The van der Waals surface area contributed by atoms with E-state index in [2.05, 4.69) is 37.1 Å². The van der Waals surface area contributed by atoms with Gasteiger partial charge in [-0.1, -0.05) is 26.8 Å². The van der Waals surface area contributed by atoms with Gasteiger partial charge in [0.1, 0.15) is 11.4 Å². The Hall–Kier alpha value is -1.13. The summed E-state index contributed by atoms with van der Waals surface area (Å²) in [6.07, 6.45) is 2.43. The van der Waals surface area contributed by atoms with E-state index in [1.54, 1.807) is 0 Å². The van der Waals surface area contributed by atoms with E-state index in [0.717, 1.165) is 5.82 Å². The van der Waals surface area contributed by atoms with Gasteiger partial charge in [-0.2, -0.15) is 0 Å². The lowest BCUT2D eigenvalue weighted by atomic mass is 9.88. The van der Waals surface area contributed by atoms with Crippen molar-refractivity contribution in [2.75, 3.05) is 18.5 Å². The molecular formula is C15H24N2O2. The number of rotatable bonds is 3. The molecule has 2 N–H and O–H groups in total. The number of nitrogens with one attached hydrogen (secondary N) is 1. The maximum atomic E-state index is 10.4. The molecule has 0 radical (unpaired) electrons. The molecule has 1 fully saturated rings. The molecule has 2 rings (SSSR count). The smallest absolute Gasteiger partial charge is 0.125 e. The number of aromatic nitrogens is 1. The molecule has 0 spiro atoms. The Balaban J connectivity index is 1.97. The van der Waals surface area contributed by atoms with E-state index in [4.69, 9.17) is 4.74 Å². The van der Waals surface area contributed by atoms with Crippen molar-refractivity contribution >= 4 is 5.82 Å². The van der Waals surface area contributed by atoms with E-state index in [-0.39, 0.29) is 11.5 Å². The topological polar surface area (TPSA) is 54.4 Å². The van der Waals surface area contributed by atoms with Gasteiger partial charge in [0.2, 0.25) is 0 Å². The second kappa shape index (κ2) is 5.10. The van der Waals surface area contributed by atoms with E-state index in [1.807, 2.05) is 19.2 Å². The molecule has 1 saturated heterocycles. The van der Waals surface area contributed by atoms with Crippen LogP contribution in [0.1, 0.15) is 39.7 Å². The summed E-state index contributed by atoms with van der Waals surface area (Å²) in [5.41, 5.74) is 0.524. The molecule has 1 aromatic heterocycles. The zero-order valence-electron chi connectivity index (χ0n) is 12.2. The first-order valence-electron chi connectivity index (χ1n) is 6.86. The van der Waals surface area contributed by atoms with Crippen LogP contribution >= 0.6 is 0 Å². The van der Waals surface area contributed by atoms with Crippen molar-refractivity contribution in [3.63, 3.8) is 0 Å². The molecule has 0 aliphatic carbocycles. The number of hydrogen-bond acceptors (Lipinski definition) is 4. The molecule has 4 nitrogen and oxygen atoms in total. The molecule has 0 amide bonds. The number of nitrogens with zero attached hydrogens (tertiary/aromatic N) is 1. The third-order valence-corrected chi connectivity index (χ3v) is 3.86. The van der Waals surface area contributed by atoms with Crippen LogP contribution in [-0.2, 0) is 10.2 Å². The molecule has 106 valence electrons. The predicted octanol–water partition coefficient (Wildman–Crippen LogP) is 2.33. The summed E-state index contributed by atoms with van der Waals surface area (Å²) < 4.78 is 5.41. The van der Waals surface area contributed by atoms with E-state index in [9.17, 15) is 5.11 Å². The van der Waals surface area contributed by atoms with Crippen LogP contribution in [0.2, 0.25) is 0 Å². The largest absolute Gasteiger partial charge is 0.385 e. The predicted molar refractivity (Wildman–Crippen MR) is 76.4 cm³/mol. The van der Waals surface area contributed by atoms with Crippen molar-refractivity contribution in [1.82, 2.24) is 4.98 Å². The zero-order valence-corrected chi connectivity index (χ0v) is 12.2. The summed E-state index contributed by atoms with van der Waals surface area (Å²) in [5, 5.41) is 13.6. The maximum Gasteiger partial charge on any atom is 0.125 e. The van der Waals surface area contributed by atoms with Gasteiger partial charge in [0, 0.05) is 25.8 Å². The van der Waals surface area contributed by atoms with Crippen LogP contribution in [0.4, 0.5) is 5.82 Å². The Bertz CT molecular complexity index is 425. The zero-order chi connectivity index (χ0) is 14.1. The van der Waals surface area contributed by atoms with Gasteiger partial charge in [-0.05, 0) is 24.0 Å². The third-order valence-electron chi connectivity index (χ3n) is 3.86. The highest BCUT2D eigenvalue weighted by Crippen LogP contribution is 2.26. The van der Waals surface area contributed by atoms with Gasteiger partial charge in [-0.3, -0.25) is 0 Å². The van der Waals surface area contributed by atoms with Gasteiger partial charge >= 0.3 is 0 Å². The highest BCUT2D eigenvalue weighted by Gasteiger charge is 2.39. The monoisotopic (exact) mass is 264 g/mol. The van der Waals surface area contributed by atoms with Crippen LogP contribution in [0.3, 0.4) is 0 Å². The fourth-order valence-corrected chi connectivity index (χ4v) is 2.19. The molecule has 2 heterocycles. The van der Waals surface area contributed by atoms with Gasteiger partial charge in [0.15, 0.2) is 0 Å². The molecule has 0 saturated carbocycles. The number of aliphatic hydroxyl groups is 1. The van der Waals surface area contributed by atoms with Gasteiger partial charge in [0.25, 0.3) is 0 Å². The van der Waals surface area contributed by atoms with Crippen LogP contribution in [0.15, 0.2) is 18.3 Å². The van der Waals surface area contributed by atoms with E-state index in [0.29, 0.717) is 19.6 Å². The van der Waals surface area contributed by atoms with Crippen LogP contribution < -0.4 is 5.32 Å². The van der Waals surface area contributed by atoms with E-state index < -0.39 is 5.60 Å². The Morgan fingerprint density at radius 3 is 2.68 bits per heavy atom. The van der Waals surface area contributed by atoms with Gasteiger partial charge in [-0.15, -0.1) is 0 Å². The molecule has 4 heteroatoms. The highest BCUT2D eigenvalue weighted by molar-refractivity contribution is 5.37. The third kappa shape index (κ3) is 3.25.